The molecule has 78 valence electrons. The molecule has 0 aliphatic rings. The zero-order valence-corrected chi connectivity index (χ0v) is 10.2. The lowest BCUT2D eigenvalue weighted by molar-refractivity contribution is -0.115. The third-order valence-electron chi connectivity index (χ3n) is 1.64. The van der Waals surface area contributed by atoms with E-state index in [0.29, 0.717) is 6.54 Å². The molecule has 1 amide bonds. The molecule has 0 atom stereocenters. The van der Waals surface area contributed by atoms with Gasteiger partial charge in [0.1, 0.15) is 0 Å². The van der Waals surface area contributed by atoms with Gasteiger partial charge in [0.2, 0.25) is 5.91 Å². The first-order valence-electron chi connectivity index (χ1n) is 4.42. The molecule has 0 heterocycles. The van der Waals surface area contributed by atoms with Crippen molar-refractivity contribution in [2.24, 2.45) is 0 Å². The molecule has 0 aliphatic carbocycles. The van der Waals surface area contributed by atoms with Crippen LogP contribution in [0.2, 0.25) is 0 Å². The smallest absolute Gasteiger partial charge is 0.238 e. The van der Waals surface area contributed by atoms with Crippen LogP contribution in [0.25, 0.3) is 0 Å². The maximum absolute atomic E-state index is 11.3. The fourth-order valence-electron chi connectivity index (χ4n) is 0.987. The van der Waals surface area contributed by atoms with Crippen LogP contribution in [0.3, 0.4) is 0 Å². The molecule has 0 spiro atoms. The Morgan fingerprint density at radius 3 is 2.67 bits per heavy atom. The highest BCUT2D eigenvalue weighted by atomic mass is 127. The predicted octanol–water partition coefficient (Wildman–Crippen LogP) is 1.45. The summed E-state index contributed by atoms with van der Waals surface area (Å²) in [5.74, 6) is 2.31. The van der Waals surface area contributed by atoms with Crippen molar-refractivity contribution < 1.29 is 4.79 Å². The highest BCUT2D eigenvalue weighted by Crippen LogP contribution is 2.10. The fourth-order valence-corrected chi connectivity index (χ4v) is 1.35. The number of carbonyl (C=O) groups excluding carboxylic acids is 1. The van der Waals surface area contributed by atoms with Crippen molar-refractivity contribution in [3.8, 4) is 12.3 Å². The standard InChI is InChI=1S/C11H11IN2O/c1-2-7-13-8-11(15)14-10-5-3-9(12)4-6-10/h1,3-6,13H,7-8H2,(H,14,15). The number of hydrogen-bond donors (Lipinski definition) is 2. The number of terminal acetylenes is 1. The van der Waals surface area contributed by atoms with Crippen molar-refractivity contribution in [3.05, 3.63) is 27.8 Å². The minimum Gasteiger partial charge on any atom is -0.325 e. The lowest BCUT2D eigenvalue weighted by Gasteiger charge is -2.04. The van der Waals surface area contributed by atoms with Crippen molar-refractivity contribution in [1.82, 2.24) is 5.32 Å². The molecule has 0 saturated carbocycles. The molecule has 0 bridgehead atoms. The Morgan fingerprint density at radius 2 is 2.07 bits per heavy atom. The molecular formula is C11H11IN2O. The van der Waals surface area contributed by atoms with E-state index in [1.807, 2.05) is 24.3 Å². The molecule has 0 fully saturated rings. The molecule has 1 aromatic rings. The molecular weight excluding hydrogens is 303 g/mol. The van der Waals surface area contributed by atoms with Crippen LogP contribution in [0.1, 0.15) is 0 Å². The third kappa shape index (κ3) is 4.81. The van der Waals surface area contributed by atoms with Crippen molar-refractivity contribution in [3.63, 3.8) is 0 Å². The molecule has 0 unspecified atom stereocenters. The van der Waals surface area contributed by atoms with Gasteiger partial charge in [-0.1, -0.05) is 5.92 Å². The highest BCUT2D eigenvalue weighted by molar-refractivity contribution is 14.1. The number of carbonyl (C=O) groups is 1. The SMILES string of the molecule is C#CCNCC(=O)Nc1ccc(I)cc1. The van der Waals surface area contributed by atoms with E-state index in [4.69, 9.17) is 6.42 Å². The van der Waals surface area contributed by atoms with Gasteiger partial charge in [-0.3, -0.25) is 10.1 Å². The number of halogens is 1. The molecule has 3 nitrogen and oxygen atoms in total. The van der Waals surface area contributed by atoms with Crippen molar-refractivity contribution >= 4 is 34.2 Å². The lowest BCUT2D eigenvalue weighted by atomic mass is 10.3. The summed E-state index contributed by atoms with van der Waals surface area (Å²) >= 11 is 2.21. The molecule has 2 N–H and O–H groups in total. The average Bonchev–Trinajstić information content (AvgIpc) is 2.22. The number of amides is 1. The maximum atomic E-state index is 11.3. The first-order valence-corrected chi connectivity index (χ1v) is 5.50. The van der Waals surface area contributed by atoms with Crippen LogP contribution in [0.5, 0.6) is 0 Å². The minimum absolute atomic E-state index is 0.0912. The second kappa shape index (κ2) is 6.43. The van der Waals surface area contributed by atoms with Crippen molar-refractivity contribution in [1.29, 1.82) is 0 Å². The Morgan fingerprint density at radius 1 is 1.40 bits per heavy atom. The van der Waals surface area contributed by atoms with Gasteiger partial charge in [0, 0.05) is 9.26 Å². The molecule has 4 heteroatoms. The van der Waals surface area contributed by atoms with Crippen LogP contribution >= 0.6 is 22.6 Å². The Hall–Kier alpha value is -1.06. The number of rotatable bonds is 4. The first kappa shape index (κ1) is 12.0. The van der Waals surface area contributed by atoms with E-state index in [9.17, 15) is 4.79 Å². The van der Waals surface area contributed by atoms with E-state index >= 15 is 0 Å². The van der Waals surface area contributed by atoms with Gasteiger partial charge in [-0.05, 0) is 46.9 Å². The molecule has 0 aliphatic heterocycles. The Balaban J connectivity index is 2.38. The molecule has 0 saturated heterocycles. The quantitative estimate of drug-likeness (QED) is 0.502. The second-order valence-electron chi connectivity index (χ2n) is 2.86. The summed E-state index contributed by atoms with van der Waals surface area (Å²) in [6, 6.07) is 7.60. The zero-order valence-electron chi connectivity index (χ0n) is 8.09. The van der Waals surface area contributed by atoms with Gasteiger partial charge in [-0.2, -0.15) is 0 Å². The monoisotopic (exact) mass is 314 g/mol. The number of nitrogens with one attached hydrogen (secondary N) is 2. The molecule has 0 aromatic heterocycles. The maximum Gasteiger partial charge on any atom is 0.238 e. The van der Waals surface area contributed by atoms with Crippen LogP contribution in [0.15, 0.2) is 24.3 Å². The van der Waals surface area contributed by atoms with Crippen LogP contribution in [-0.4, -0.2) is 19.0 Å². The van der Waals surface area contributed by atoms with Gasteiger partial charge in [0.25, 0.3) is 0 Å². The van der Waals surface area contributed by atoms with Crippen LogP contribution in [0, 0.1) is 15.9 Å². The van der Waals surface area contributed by atoms with Gasteiger partial charge < -0.3 is 5.32 Å². The van der Waals surface area contributed by atoms with E-state index in [2.05, 4.69) is 39.1 Å². The zero-order chi connectivity index (χ0) is 11.1. The number of anilines is 1. The Bertz CT molecular complexity index is 367. The average molecular weight is 314 g/mol. The lowest BCUT2D eigenvalue weighted by Crippen LogP contribution is -2.28. The van der Waals surface area contributed by atoms with Crippen LogP contribution in [0.4, 0.5) is 5.69 Å². The van der Waals surface area contributed by atoms with Gasteiger partial charge >= 0.3 is 0 Å². The highest BCUT2D eigenvalue weighted by Gasteiger charge is 2.00. The summed E-state index contributed by atoms with van der Waals surface area (Å²) in [5, 5.41) is 5.57. The van der Waals surface area contributed by atoms with E-state index in [0.717, 1.165) is 9.26 Å². The third-order valence-corrected chi connectivity index (χ3v) is 2.36. The molecule has 1 aromatic carbocycles. The van der Waals surface area contributed by atoms with Gasteiger partial charge in [-0.25, -0.2) is 0 Å². The van der Waals surface area contributed by atoms with Crippen LogP contribution in [-0.2, 0) is 4.79 Å². The summed E-state index contributed by atoms with van der Waals surface area (Å²) in [4.78, 5) is 11.3. The van der Waals surface area contributed by atoms with E-state index in [1.165, 1.54) is 0 Å². The predicted molar refractivity (Wildman–Crippen MR) is 69.5 cm³/mol. The normalized spacial score (nSPS) is 9.33. The summed E-state index contributed by atoms with van der Waals surface area (Å²) in [6.07, 6.45) is 5.04. The molecule has 1 rings (SSSR count). The van der Waals surface area contributed by atoms with Gasteiger partial charge in [-0.15, -0.1) is 6.42 Å². The van der Waals surface area contributed by atoms with E-state index in [-0.39, 0.29) is 12.5 Å². The minimum atomic E-state index is -0.0912. The molecule has 0 radical (unpaired) electrons. The Kier molecular flexibility index (Phi) is 5.15. The fraction of sp³-hybridized carbons (Fsp3) is 0.182. The van der Waals surface area contributed by atoms with Crippen LogP contribution < -0.4 is 10.6 Å². The molecule has 15 heavy (non-hydrogen) atoms. The largest absolute Gasteiger partial charge is 0.325 e. The summed E-state index contributed by atoms with van der Waals surface area (Å²) < 4.78 is 1.14. The van der Waals surface area contributed by atoms with Gasteiger partial charge in [0.05, 0.1) is 13.1 Å². The topological polar surface area (TPSA) is 41.1 Å². The first-order chi connectivity index (χ1) is 7.22. The van der Waals surface area contributed by atoms with Gasteiger partial charge in [0.15, 0.2) is 0 Å². The second-order valence-corrected chi connectivity index (χ2v) is 4.11. The Labute approximate surface area is 103 Å². The van der Waals surface area contributed by atoms with E-state index in [1.54, 1.807) is 0 Å². The number of hydrogen-bond acceptors (Lipinski definition) is 2. The van der Waals surface area contributed by atoms with E-state index < -0.39 is 0 Å². The summed E-state index contributed by atoms with van der Waals surface area (Å²) in [6.45, 7) is 0.635. The summed E-state index contributed by atoms with van der Waals surface area (Å²) in [7, 11) is 0. The number of benzene rings is 1. The summed E-state index contributed by atoms with van der Waals surface area (Å²) in [5.41, 5.74) is 0.794. The van der Waals surface area contributed by atoms with Crippen molar-refractivity contribution in [2.75, 3.05) is 18.4 Å². The van der Waals surface area contributed by atoms with Crippen molar-refractivity contribution in [2.45, 2.75) is 0 Å².